The molecule has 10 rings (SSSR count). The van der Waals surface area contributed by atoms with Crippen LogP contribution in [0.15, 0.2) is 180 Å². The lowest BCUT2D eigenvalue weighted by molar-refractivity contribution is 0.486. The Morgan fingerprint density at radius 3 is 1.70 bits per heavy atom. The summed E-state index contributed by atoms with van der Waals surface area (Å²) in [6, 6.07) is 62.6. The second-order valence-corrected chi connectivity index (χ2v) is 17.2. The Bertz CT molecular complexity index is 2240. The van der Waals surface area contributed by atoms with E-state index in [1.54, 1.807) is 0 Å². The molecule has 0 spiro atoms. The van der Waals surface area contributed by atoms with Gasteiger partial charge in [-0.1, -0.05) is 151 Å². The predicted octanol–water partition coefficient (Wildman–Crippen LogP) is 5.93. The van der Waals surface area contributed by atoms with Crippen LogP contribution < -0.4 is 46.8 Å². The van der Waals surface area contributed by atoms with E-state index in [-0.39, 0.29) is 6.71 Å². The second kappa shape index (κ2) is 10.4. The van der Waals surface area contributed by atoms with Gasteiger partial charge in [0.25, 0.3) is 6.71 Å². The van der Waals surface area contributed by atoms with Crippen LogP contribution in [-0.4, -0.2) is 14.8 Å². The van der Waals surface area contributed by atoms with Gasteiger partial charge in [-0.05, 0) is 68.1 Å². The van der Waals surface area contributed by atoms with Crippen molar-refractivity contribution in [2.45, 2.75) is 9.79 Å². The number of hydrogen-bond donors (Lipinski definition) is 0. The Hall–Kier alpha value is -5.23. The highest BCUT2D eigenvalue weighted by Gasteiger charge is 2.49. The van der Waals surface area contributed by atoms with Crippen molar-refractivity contribution in [2.75, 3.05) is 4.90 Å². The summed E-state index contributed by atoms with van der Waals surface area (Å²) >= 11 is 1.88. The first-order valence-corrected chi connectivity index (χ1v) is 19.0. The van der Waals surface area contributed by atoms with E-state index in [9.17, 15) is 0 Å². The van der Waals surface area contributed by atoms with Crippen LogP contribution in [0.1, 0.15) is 0 Å². The van der Waals surface area contributed by atoms with E-state index in [4.69, 9.17) is 4.74 Å². The molecule has 5 heteroatoms. The molecule has 0 saturated carbocycles. The topological polar surface area (TPSA) is 12.5 Å². The summed E-state index contributed by atoms with van der Waals surface area (Å²) in [6.07, 6.45) is 0. The van der Waals surface area contributed by atoms with Crippen LogP contribution in [0.25, 0.3) is 0 Å². The van der Waals surface area contributed by atoms with Crippen molar-refractivity contribution in [3.63, 3.8) is 0 Å². The van der Waals surface area contributed by atoms with E-state index in [0.29, 0.717) is 0 Å². The van der Waals surface area contributed by atoms with Crippen molar-refractivity contribution in [2.24, 2.45) is 0 Å². The molecule has 0 atom stereocenters. The summed E-state index contributed by atoms with van der Waals surface area (Å²) in [5.74, 6) is 1.89. The highest BCUT2D eigenvalue weighted by molar-refractivity contribution is 8.00. The Morgan fingerprint density at radius 2 is 1.02 bits per heavy atom. The number of ether oxygens (including phenoxy) is 1. The minimum atomic E-state index is -2.68. The summed E-state index contributed by atoms with van der Waals surface area (Å²) in [7, 11) is -2.68. The molecule has 3 heterocycles. The van der Waals surface area contributed by atoms with Crippen molar-refractivity contribution < 1.29 is 4.74 Å². The normalized spacial score (nSPS) is 14.6. The molecule has 7 aromatic rings. The minimum Gasteiger partial charge on any atom is -0.458 e. The van der Waals surface area contributed by atoms with Gasteiger partial charge < -0.3 is 9.64 Å². The molecule has 0 fully saturated rings. The van der Waals surface area contributed by atoms with Crippen molar-refractivity contribution in [1.29, 1.82) is 0 Å². The molecule has 3 aliphatic rings. The van der Waals surface area contributed by atoms with Crippen LogP contribution in [0, 0.1) is 0 Å². The molecule has 0 aliphatic carbocycles. The third-order valence-electron chi connectivity index (χ3n) is 10.1. The summed E-state index contributed by atoms with van der Waals surface area (Å²) in [5.41, 5.74) is 7.52. The van der Waals surface area contributed by atoms with Crippen LogP contribution >= 0.6 is 11.8 Å². The van der Waals surface area contributed by atoms with Crippen LogP contribution in [0.2, 0.25) is 0 Å². The van der Waals surface area contributed by atoms with Gasteiger partial charge in [0.15, 0.2) is 8.07 Å². The van der Waals surface area contributed by atoms with Gasteiger partial charge in [0.2, 0.25) is 0 Å². The first-order valence-electron chi connectivity index (χ1n) is 16.1. The molecule has 7 aromatic carbocycles. The van der Waals surface area contributed by atoms with Crippen molar-refractivity contribution in [3.05, 3.63) is 170 Å². The maximum absolute atomic E-state index is 6.64. The van der Waals surface area contributed by atoms with E-state index >= 15 is 0 Å². The molecule has 0 N–H and O–H groups in total. The number of anilines is 3. The van der Waals surface area contributed by atoms with Gasteiger partial charge in [-0.25, -0.2) is 0 Å². The summed E-state index contributed by atoms with van der Waals surface area (Å²) < 4.78 is 6.64. The number of rotatable bonds is 3. The first kappa shape index (κ1) is 26.9. The molecule has 0 amide bonds. The van der Waals surface area contributed by atoms with Crippen LogP contribution in [0.3, 0.4) is 0 Å². The quantitative estimate of drug-likeness (QED) is 0.224. The summed E-state index contributed by atoms with van der Waals surface area (Å²) in [6.45, 7) is 0.111. The molecule has 3 aliphatic heterocycles. The van der Waals surface area contributed by atoms with Crippen LogP contribution in [0.5, 0.6) is 11.5 Å². The molecular formula is C42H28BNOSSi. The zero-order valence-electron chi connectivity index (χ0n) is 25.5. The van der Waals surface area contributed by atoms with Gasteiger partial charge >= 0.3 is 0 Å². The molecule has 47 heavy (non-hydrogen) atoms. The van der Waals surface area contributed by atoms with Crippen LogP contribution in [-0.2, 0) is 0 Å². The van der Waals surface area contributed by atoms with E-state index in [1.807, 2.05) is 11.8 Å². The standard InChI is InChI=1S/C42H28BNOSSi/c1-3-15-29(16-4-1)47(30-17-5-2-6-18-30)39-25-13-9-21-33(39)44(34-22-10-14-26-40(34)47)35-27-28-37-41-42(35)46-38-24-12-8-20-32(38)43(41)31-19-7-11-23-36(31)45-37/h1-28H. The minimum absolute atomic E-state index is 0.111. The van der Waals surface area contributed by atoms with Gasteiger partial charge in [0, 0.05) is 21.2 Å². The van der Waals surface area contributed by atoms with E-state index in [2.05, 4.69) is 175 Å². The van der Waals surface area contributed by atoms with Crippen molar-refractivity contribution >= 4 is 80.7 Å². The molecule has 2 nitrogen and oxygen atoms in total. The average Bonchev–Trinajstić information content (AvgIpc) is 3.15. The van der Waals surface area contributed by atoms with Gasteiger partial charge in [-0.3, -0.25) is 0 Å². The lowest BCUT2D eigenvalue weighted by Gasteiger charge is -2.46. The Labute approximate surface area is 280 Å². The number of fused-ring (bicyclic) bond motifs is 6. The number of nitrogens with zero attached hydrogens (tertiary/aromatic N) is 1. The first-order chi connectivity index (χ1) is 23.3. The molecule has 0 bridgehead atoms. The summed E-state index contributed by atoms with van der Waals surface area (Å²) in [4.78, 5) is 5.10. The lowest BCUT2D eigenvalue weighted by atomic mass is 9.35. The summed E-state index contributed by atoms with van der Waals surface area (Å²) in [5, 5.41) is 5.59. The largest absolute Gasteiger partial charge is 0.458 e. The average molecular weight is 634 g/mol. The van der Waals surface area contributed by atoms with Gasteiger partial charge in [-0.2, -0.15) is 0 Å². The maximum atomic E-state index is 6.64. The lowest BCUT2D eigenvalue weighted by Crippen LogP contribution is -2.77. The fraction of sp³-hybridized carbons (Fsp3) is 0. The molecule has 0 radical (unpaired) electrons. The van der Waals surface area contributed by atoms with E-state index in [0.717, 1.165) is 11.5 Å². The Kier molecular flexibility index (Phi) is 5.96. The Balaban J connectivity index is 1.28. The highest BCUT2D eigenvalue weighted by atomic mass is 32.2. The molecule has 220 valence electrons. The maximum Gasteiger partial charge on any atom is 0.253 e. The molecular weight excluding hydrogens is 605 g/mol. The number of hydrogen-bond acceptors (Lipinski definition) is 3. The van der Waals surface area contributed by atoms with E-state index in [1.165, 1.54) is 64.0 Å². The zero-order chi connectivity index (χ0) is 31.0. The highest BCUT2D eigenvalue weighted by Crippen LogP contribution is 2.47. The van der Waals surface area contributed by atoms with Crippen molar-refractivity contribution in [1.82, 2.24) is 0 Å². The predicted molar refractivity (Wildman–Crippen MR) is 200 cm³/mol. The van der Waals surface area contributed by atoms with Gasteiger partial charge in [0.05, 0.1) is 5.69 Å². The third kappa shape index (κ3) is 3.75. The second-order valence-electron chi connectivity index (χ2n) is 12.4. The molecule has 0 saturated heterocycles. The number of para-hydroxylation sites is 3. The smallest absolute Gasteiger partial charge is 0.253 e. The van der Waals surface area contributed by atoms with Gasteiger partial charge in [-0.15, -0.1) is 0 Å². The fourth-order valence-electron chi connectivity index (χ4n) is 8.22. The van der Waals surface area contributed by atoms with Crippen molar-refractivity contribution in [3.8, 4) is 11.5 Å². The third-order valence-corrected chi connectivity index (χ3v) is 16.2. The molecule has 0 aromatic heterocycles. The molecule has 0 unspecified atom stereocenters. The van der Waals surface area contributed by atoms with Crippen LogP contribution in [0.4, 0.5) is 17.1 Å². The monoisotopic (exact) mass is 633 g/mol. The number of benzene rings is 7. The van der Waals surface area contributed by atoms with E-state index < -0.39 is 8.07 Å². The fourth-order valence-corrected chi connectivity index (χ4v) is 14.6. The van der Waals surface area contributed by atoms with Gasteiger partial charge in [0.1, 0.15) is 11.5 Å². The Morgan fingerprint density at radius 1 is 0.468 bits per heavy atom. The zero-order valence-corrected chi connectivity index (χ0v) is 27.3. The SMILES string of the molecule is c1ccc([Si]2(c3ccccc3)c3ccccc3N(c3ccc4c5c3Sc3ccccc3B5c3ccccc3O4)c3ccccc32)cc1.